The Balaban J connectivity index is 1.000. The summed E-state index contributed by atoms with van der Waals surface area (Å²) in [6.45, 7) is -0.300. The van der Waals surface area contributed by atoms with Gasteiger partial charge in [0.1, 0.15) is 0 Å². The number of rotatable bonds is 11. The molecule has 0 spiro atoms. The van der Waals surface area contributed by atoms with Crippen molar-refractivity contribution in [1.29, 1.82) is 0 Å². The van der Waals surface area contributed by atoms with Gasteiger partial charge in [0.25, 0.3) is 6.71 Å². The van der Waals surface area contributed by atoms with Gasteiger partial charge in [-0.1, -0.05) is 248 Å². The van der Waals surface area contributed by atoms with Gasteiger partial charge >= 0.3 is 0 Å². The largest absolute Gasteiger partial charge is 0.311 e. The summed E-state index contributed by atoms with van der Waals surface area (Å²) in [5.74, 6) is 0. The normalized spacial score (nSPS) is 12.8. The van der Waals surface area contributed by atoms with Gasteiger partial charge in [0.2, 0.25) is 6.71 Å². The Morgan fingerprint density at radius 2 is 0.620 bits per heavy atom. The predicted molar refractivity (Wildman–Crippen MR) is 391 cm³/mol. The van der Waals surface area contributed by atoms with Gasteiger partial charge in [-0.05, 0) is 154 Å². The summed E-state index contributed by atoms with van der Waals surface area (Å²) in [6, 6.07) is 128. The molecule has 8 heteroatoms. The molecule has 0 unspecified atom stereocenters. The van der Waals surface area contributed by atoms with Crippen LogP contribution in [0.15, 0.2) is 356 Å². The van der Waals surface area contributed by atoms with Crippen molar-refractivity contribution >= 4 is 143 Å². The molecular formula is C84H57B2N5S. The molecule has 4 heterocycles. The minimum Gasteiger partial charge on any atom is -0.311 e. The maximum Gasteiger partial charge on any atom is 0.252 e. The van der Waals surface area contributed by atoms with Crippen LogP contribution in [0.5, 0.6) is 0 Å². The van der Waals surface area contributed by atoms with E-state index in [2.05, 4.69) is 370 Å². The van der Waals surface area contributed by atoms with E-state index in [0.29, 0.717) is 0 Å². The van der Waals surface area contributed by atoms with E-state index in [1.54, 1.807) is 0 Å². The van der Waals surface area contributed by atoms with Crippen LogP contribution in [0.25, 0.3) is 22.3 Å². The smallest absolute Gasteiger partial charge is 0.252 e. The third-order valence-corrected chi connectivity index (χ3v) is 19.9. The Morgan fingerprint density at radius 1 is 0.239 bits per heavy atom. The summed E-state index contributed by atoms with van der Waals surface area (Å²) in [5, 5.41) is 0. The summed E-state index contributed by atoms with van der Waals surface area (Å²) in [7, 11) is 0. The molecule has 0 saturated carbocycles. The van der Waals surface area contributed by atoms with Crippen molar-refractivity contribution in [3.8, 4) is 22.3 Å². The van der Waals surface area contributed by atoms with Crippen LogP contribution in [-0.2, 0) is 0 Å². The van der Waals surface area contributed by atoms with Crippen LogP contribution in [0.4, 0.5) is 85.3 Å². The van der Waals surface area contributed by atoms with Crippen molar-refractivity contribution in [1.82, 2.24) is 0 Å². The second-order valence-corrected chi connectivity index (χ2v) is 25.0. The number of para-hydroxylation sites is 8. The van der Waals surface area contributed by atoms with Gasteiger partial charge in [-0.3, -0.25) is 0 Å². The molecule has 4 aliphatic heterocycles. The first kappa shape index (κ1) is 53.6. The molecule has 0 aromatic heterocycles. The molecule has 0 atom stereocenters. The zero-order chi connectivity index (χ0) is 60.6. The zero-order valence-corrected chi connectivity index (χ0v) is 51.0. The second kappa shape index (κ2) is 22.2. The Hall–Kier alpha value is -11.4. The summed E-state index contributed by atoms with van der Waals surface area (Å²) < 4.78 is 0. The maximum absolute atomic E-state index is 2.68. The van der Waals surface area contributed by atoms with Crippen LogP contribution >= 0.6 is 11.8 Å². The summed E-state index contributed by atoms with van der Waals surface area (Å²) in [5.41, 5.74) is 28.7. The van der Waals surface area contributed by atoms with Crippen molar-refractivity contribution in [2.24, 2.45) is 0 Å². The van der Waals surface area contributed by atoms with E-state index in [1.807, 2.05) is 11.8 Å². The molecule has 92 heavy (non-hydrogen) atoms. The lowest BCUT2D eigenvalue weighted by molar-refractivity contribution is 1.21. The fourth-order valence-electron chi connectivity index (χ4n) is 15.0. The Kier molecular flexibility index (Phi) is 13.0. The third-order valence-electron chi connectivity index (χ3n) is 18.8. The van der Waals surface area contributed by atoms with Crippen LogP contribution in [0.1, 0.15) is 0 Å². The molecule has 18 rings (SSSR count). The van der Waals surface area contributed by atoms with Crippen molar-refractivity contribution in [2.45, 2.75) is 9.79 Å². The molecule has 0 N–H and O–H groups in total. The van der Waals surface area contributed by atoms with Gasteiger partial charge < -0.3 is 24.5 Å². The minimum absolute atomic E-state index is 0.105. The van der Waals surface area contributed by atoms with Gasteiger partial charge in [-0.2, -0.15) is 0 Å². The number of hydrogen-bond acceptors (Lipinski definition) is 6. The Bertz CT molecular complexity index is 4970. The molecule has 0 fully saturated rings. The summed E-state index contributed by atoms with van der Waals surface area (Å²) in [6.07, 6.45) is 0. The SMILES string of the molecule is c1ccc(-c2cccc(-c3ccccc3)c2N2c3cc4c(cc3B3c5ccccc5N(c5ccccc5)c5cc(N(c6ccccc6)c6ccccc6)cc2c53)B2c3ccccc3Sc3cc(N(c5ccccc5)c5ccccc5)cc(c32)N4c2ccccc2)cc1. The first-order valence-corrected chi connectivity index (χ1v) is 32.5. The summed E-state index contributed by atoms with van der Waals surface area (Å²) in [4.78, 5) is 15.2. The first-order valence-electron chi connectivity index (χ1n) is 31.6. The minimum atomic E-state index is -0.195. The molecule has 4 aliphatic rings. The lowest BCUT2D eigenvalue weighted by atomic mass is 9.30. The quantitative estimate of drug-likeness (QED) is 0.119. The van der Waals surface area contributed by atoms with E-state index in [-0.39, 0.29) is 13.4 Å². The average molecular weight is 1190 g/mol. The molecule has 0 bridgehead atoms. The number of benzene rings is 14. The lowest BCUT2D eigenvalue weighted by Gasteiger charge is -2.47. The standard InChI is InChI=1S/C84H57B2N5S/c1-9-30-58(31-10-1)68-46-29-47-69(59-32-11-2-12-33-59)84(68)91-76-57-75-72(86-71-49-26-28-51-80(71)92-81-55-67(54-79(83(81)86)90(75)65-44-23-8-24-45-65)88(62-38-17-5-18-39-62)63-40-19-6-20-41-63)56-73(76)85-70-48-25-27-50-74(70)89(64-42-21-7-22-43-64)77-52-66(53-78(91)82(77)85)87(60-34-13-3-14-35-60)61-36-15-4-16-37-61/h1-57H. The van der Waals surface area contributed by atoms with Gasteiger partial charge in [0.05, 0.1) is 11.4 Å². The molecule has 14 aromatic carbocycles. The van der Waals surface area contributed by atoms with Crippen LogP contribution < -0.4 is 57.3 Å². The van der Waals surface area contributed by atoms with Crippen LogP contribution in [0, 0.1) is 0 Å². The van der Waals surface area contributed by atoms with E-state index in [1.165, 1.54) is 42.6 Å². The summed E-state index contributed by atoms with van der Waals surface area (Å²) >= 11 is 1.89. The molecule has 430 valence electrons. The Morgan fingerprint density at radius 3 is 1.13 bits per heavy atom. The monoisotopic (exact) mass is 1190 g/mol. The molecule has 0 radical (unpaired) electrons. The molecule has 5 nitrogen and oxygen atoms in total. The second-order valence-electron chi connectivity index (χ2n) is 23.9. The third kappa shape index (κ3) is 8.74. The molecule has 0 amide bonds. The highest BCUT2D eigenvalue weighted by Crippen LogP contribution is 2.54. The molecule has 14 aromatic rings. The van der Waals surface area contributed by atoms with Crippen molar-refractivity contribution in [3.05, 3.63) is 346 Å². The van der Waals surface area contributed by atoms with Gasteiger partial charge in [0.15, 0.2) is 0 Å². The van der Waals surface area contributed by atoms with E-state index >= 15 is 0 Å². The van der Waals surface area contributed by atoms with Gasteiger partial charge in [-0.25, -0.2) is 0 Å². The van der Waals surface area contributed by atoms with Crippen LogP contribution in [0.2, 0.25) is 0 Å². The maximum atomic E-state index is 2.68. The van der Waals surface area contributed by atoms with Crippen molar-refractivity contribution in [2.75, 3.05) is 24.5 Å². The fourth-order valence-corrected chi connectivity index (χ4v) is 16.2. The van der Waals surface area contributed by atoms with Gasteiger partial charge in [-0.15, -0.1) is 0 Å². The fraction of sp³-hybridized carbons (Fsp3) is 0. The van der Waals surface area contributed by atoms with E-state index in [9.17, 15) is 0 Å². The Labute approximate surface area is 542 Å². The number of anilines is 15. The van der Waals surface area contributed by atoms with E-state index in [4.69, 9.17) is 0 Å². The highest BCUT2D eigenvalue weighted by atomic mass is 32.2. The predicted octanol–water partition coefficient (Wildman–Crippen LogP) is 18.8. The first-order chi connectivity index (χ1) is 45.7. The average Bonchev–Trinajstić information content (AvgIpc) is 0.689. The van der Waals surface area contributed by atoms with Crippen LogP contribution in [-0.4, -0.2) is 13.4 Å². The highest BCUT2D eigenvalue weighted by molar-refractivity contribution is 8.00. The number of fused-ring (bicyclic) bond motifs is 8. The molecule has 0 aliphatic carbocycles. The molecular weight excluding hydrogens is 1130 g/mol. The van der Waals surface area contributed by atoms with Crippen molar-refractivity contribution < 1.29 is 0 Å². The van der Waals surface area contributed by atoms with Crippen LogP contribution in [0.3, 0.4) is 0 Å². The topological polar surface area (TPSA) is 16.2 Å². The van der Waals surface area contributed by atoms with Gasteiger partial charge in [0, 0.05) is 94.9 Å². The number of hydrogen-bond donors (Lipinski definition) is 0. The van der Waals surface area contributed by atoms with E-state index < -0.39 is 0 Å². The zero-order valence-electron chi connectivity index (χ0n) is 50.2. The number of nitrogens with zero attached hydrogens (tertiary/aromatic N) is 5. The molecule has 0 saturated heterocycles. The van der Waals surface area contributed by atoms with Crippen molar-refractivity contribution in [3.63, 3.8) is 0 Å². The lowest BCUT2D eigenvalue weighted by Crippen LogP contribution is -2.64. The van der Waals surface area contributed by atoms with E-state index in [0.717, 1.165) is 108 Å². The highest BCUT2D eigenvalue weighted by Gasteiger charge is 2.48.